The summed E-state index contributed by atoms with van der Waals surface area (Å²) < 4.78 is 1.72. The quantitative estimate of drug-likeness (QED) is 0.787. The molecule has 0 fully saturated rings. The zero-order chi connectivity index (χ0) is 13.2. The Kier molecular flexibility index (Phi) is 2.79. The maximum Gasteiger partial charge on any atom is 0.152 e. The van der Waals surface area contributed by atoms with Crippen LogP contribution in [0.4, 0.5) is 0 Å². The minimum Gasteiger partial charge on any atom is -0.367 e. The zero-order valence-electron chi connectivity index (χ0n) is 10.4. The van der Waals surface area contributed by atoms with E-state index in [9.17, 15) is 4.79 Å². The Morgan fingerprint density at radius 2 is 2.11 bits per heavy atom. The molecule has 2 heterocycles. The lowest BCUT2D eigenvalue weighted by molar-refractivity contribution is -0.105. The summed E-state index contributed by atoms with van der Waals surface area (Å²) in [5.74, 6) is 0.609. The largest absolute Gasteiger partial charge is 0.367 e. The molecule has 1 atom stereocenters. The van der Waals surface area contributed by atoms with Gasteiger partial charge in [0.25, 0.3) is 0 Å². The molecule has 96 valence electrons. The molecule has 3 rings (SSSR count). The van der Waals surface area contributed by atoms with Crippen LogP contribution in [0, 0.1) is 0 Å². The second kappa shape index (κ2) is 4.61. The number of imidazole rings is 1. The van der Waals surface area contributed by atoms with Gasteiger partial charge in [0, 0.05) is 12.4 Å². The van der Waals surface area contributed by atoms with Gasteiger partial charge in [0.15, 0.2) is 6.29 Å². The molecule has 2 aromatic rings. The molecule has 0 saturated heterocycles. The van der Waals surface area contributed by atoms with Crippen molar-refractivity contribution >= 4 is 6.29 Å². The van der Waals surface area contributed by atoms with Crippen molar-refractivity contribution in [2.75, 3.05) is 5.17 Å². The fourth-order valence-corrected chi connectivity index (χ4v) is 2.20. The number of benzene rings is 1. The third-order valence-electron chi connectivity index (χ3n) is 3.11. The number of rotatable bonds is 3. The van der Waals surface area contributed by atoms with E-state index in [1.807, 2.05) is 30.3 Å². The summed E-state index contributed by atoms with van der Waals surface area (Å²) in [6.07, 6.45) is 5.93. The average molecular weight is 255 g/mol. The molecule has 0 amide bonds. The fraction of sp³-hybridized carbons (Fsp3) is 0.143. The van der Waals surface area contributed by atoms with E-state index in [0.717, 1.165) is 11.8 Å². The highest BCUT2D eigenvalue weighted by Gasteiger charge is 2.35. The molecule has 1 unspecified atom stereocenters. The summed E-state index contributed by atoms with van der Waals surface area (Å²) in [6.45, 7) is 1.79. The summed E-state index contributed by atoms with van der Waals surface area (Å²) in [7, 11) is 0. The van der Waals surface area contributed by atoms with Crippen LogP contribution in [0.1, 0.15) is 18.5 Å². The van der Waals surface area contributed by atoms with Gasteiger partial charge in [-0.2, -0.15) is 0 Å². The van der Waals surface area contributed by atoms with E-state index in [0.29, 0.717) is 11.3 Å². The van der Waals surface area contributed by atoms with Gasteiger partial charge >= 0.3 is 0 Å². The van der Waals surface area contributed by atoms with Crippen LogP contribution in [-0.2, 0) is 9.63 Å². The Hall–Kier alpha value is -2.56. The average Bonchev–Trinajstić information content (AvgIpc) is 3.06. The van der Waals surface area contributed by atoms with E-state index in [4.69, 9.17) is 4.84 Å². The molecule has 0 radical (unpaired) electrons. The third kappa shape index (κ3) is 1.89. The number of hydroxylamine groups is 1. The van der Waals surface area contributed by atoms with Crippen molar-refractivity contribution in [2.45, 2.75) is 13.0 Å². The van der Waals surface area contributed by atoms with Crippen LogP contribution in [0.15, 0.2) is 60.4 Å². The van der Waals surface area contributed by atoms with Crippen LogP contribution in [0.5, 0.6) is 0 Å². The molecule has 0 aliphatic carbocycles. The Balaban J connectivity index is 2.06. The van der Waals surface area contributed by atoms with Gasteiger partial charge in [0.1, 0.15) is 18.1 Å². The smallest absolute Gasteiger partial charge is 0.152 e. The van der Waals surface area contributed by atoms with Crippen molar-refractivity contribution in [1.82, 2.24) is 9.66 Å². The maximum atomic E-state index is 11.3. The number of hydrogen-bond donors (Lipinski definition) is 0. The van der Waals surface area contributed by atoms with Crippen LogP contribution in [0.3, 0.4) is 0 Å². The van der Waals surface area contributed by atoms with Gasteiger partial charge < -0.3 is 4.84 Å². The standard InChI is InChI=1S/C14H13N3O2/c1-11-13(9-18)14(12-5-3-2-4-6-12)17(19-11)16-8-7-15-10-16/h2-10,14H,1H3. The van der Waals surface area contributed by atoms with Gasteiger partial charge in [0.2, 0.25) is 0 Å². The Morgan fingerprint density at radius 3 is 2.74 bits per heavy atom. The van der Waals surface area contributed by atoms with Gasteiger partial charge in [-0.15, -0.1) is 5.17 Å². The number of carbonyl (C=O) groups is 1. The highest BCUT2D eigenvalue weighted by atomic mass is 16.7. The summed E-state index contributed by atoms with van der Waals surface area (Å²) >= 11 is 0. The second-order valence-electron chi connectivity index (χ2n) is 4.28. The molecule has 1 aromatic carbocycles. The minimum absolute atomic E-state index is 0.257. The molecule has 19 heavy (non-hydrogen) atoms. The number of hydrogen-bond acceptors (Lipinski definition) is 4. The van der Waals surface area contributed by atoms with Crippen molar-refractivity contribution in [3.05, 3.63) is 65.9 Å². The van der Waals surface area contributed by atoms with Gasteiger partial charge in [0.05, 0.1) is 5.57 Å². The maximum absolute atomic E-state index is 11.3. The topological polar surface area (TPSA) is 47.4 Å². The second-order valence-corrected chi connectivity index (χ2v) is 4.28. The molecule has 0 N–H and O–H groups in total. The van der Waals surface area contributed by atoms with E-state index >= 15 is 0 Å². The molecule has 1 aromatic heterocycles. The zero-order valence-corrected chi connectivity index (χ0v) is 10.4. The normalized spacial score (nSPS) is 18.6. The SMILES string of the molecule is CC1=C(C=O)C(c2ccccc2)N(n2ccnc2)O1. The first-order chi connectivity index (χ1) is 9.31. The van der Waals surface area contributed by atoms with E-state index in [2.05, 4.69) is 4.98 Å². The monoisotopic (exact) mass is 255 g/mol. The first-order valence-electron chi connectivity index (χ1n) is 5.97. The lowest BCUT2D eigenvalue weighted by atomic mass is 10.00. The van der Waals surface area contributed by atoms with E-state index in [1.165, 1.54) is 0 Å². The number of nitrogens with zero attached hydrogens (tertiary/aromatic N) is 3. The summed E-state index contributed by atoms with van der Waals surface area (Å²) in [5.41, 5.74) is 1.62. The summed E-state index contributed by atoms with van der Waals surface area (Å²) in [5, 5.41) is 1.64. The van der Waals surface area contributed by atoms with Crippen molar-refractivity contribution in [3.63, 3.8) is 0 Å². The molecule has 1 aliphatic rings. The molecule has 1 aliphatic heterocycles. The molecular weight excluding hydrogens is 242 g/mol. The summed E-state index contributed by atoms with van der Waals surface area (Å²) in [4.78, 5) is 21.0. The minimum atomic E-state index is -0.257. The molecular formula is C14H13N3O2. The first-order valence-corrected chi connectivity index (χ1v) is 5.97. The predicted octanol–water partition coefficient (Wildman–Crippen LogP) is 1.98. The van der Waals surface area contributed by atoms with Crippen LogP contribution >= 0.6 is 0 Å². The highest BCUT2D eigenvalue weighted by molar-refractivity contribution is 5.78. The van der Waals surface area contributed by atoms with Crippen LogP contribution in [0.25, 0.3) is 0 Å². The first kappa shape index (κ1) is 11.5. The predicted molar refractivity (Wildman–Crippen MR) is 69.5 cm³/mol. The van der Waals surface area contributed by atoms with Crippen LogP contribution in [0.2, 0.25) is 0 Å². The highest BCUT2D eigenvalue weighted by Crippen LogP contribution is 2.35. The van der Waals surface area contributed by atoms with Crippen molar-refractivity contribution in [1.29, 1.82) is 0 Å². The van der Waals surface area contributed by atoms with Gasteiger partial charge in [-0.25, -0.2) is 9.66 Å². The van der Waals surface area contributed by atoms with Gasteiger partial charge in [-0.3, -0.25) is 4.79 Å². The Morgan fingerprint density at radius 1 is 1.32 bits per heavy atom. The lowest BCUT2D eigenvalue weighted by Gasteiger charge is -2.25. The fourth-order valence-electron chi connectivity index (χ4n) is 2.20. The number of aldehydes is 1. The number of aromatic nitrogens is 2. The number of carbonyl (C=O) groups excluding carboxylic acids is 1. The van der Waals surface area contributed by atoms with Crippen molar-refractivity contribution < 1.29 is 9.63 Å². The third-order valence-corrected chi connectivity index (χ3v) is 3.11. The van der Waals surface area contributed by atoms with E-state index in [-0.39, 0.29) is 6.04 Å². The van der Waals surface area contributed by atoms with Crippen LogP contribution in [-0.4, -0.2) is 15.9 Å². The van der Waals surface area contributed by atoms with E-state index < -0.39 is 0 Å². The summed E-state index contributed by atoms with van der Waals surface area (Å²) in [6, 6.07) is 9.51. The van der Waals surface area contributed by atoms with Crippen molar-refractivity contribution in [2.24, 2.45) is 0 Å². The van der Waals surface area contributed by atoms with Crippen LogP contribution < -0.4 is 5.17 Å². The molecule has 0 saturated carbocycles. The molecule has 0 bridgehead atoms. The Bertz CT molecular complexity index is 605. The van der Waals surface area contributed by atoms with Gasteiger partial charge in [-0.1, -0.05) is 30.3 Å². The molecule has 5 heteroatoms. The lowest BCUT2D eigenvalue weighted by Crippen LogP contribution is -2.33. The van der Waals surface area contributed by atoms with Gasteiger partial charge in [-0.05, 0) is 12.5 Å². The Labute approximate surface area is 110 Å². The molecule has 5 nitrogen and oxygen atoms in total. The number of allylic oxidation sites excluding steroid dienone is 1. The molecule has 0 spiro atoms. The van der Waals surface area contributed by atoms with Crippen molar-refractivity contribution in [3.8, 4) is 0 Å². The van der Waals surface area contributed by atoms with E-state index in [1.54, 1.807) is 35.5 Å².